The number of benzene rings is 3. The number of furan rings is 1. The molecule has 0 bridgehead atoms. The van der Waals surface area contributed by atoms with Gasteiger partial charge in [0.2, 0.25) is 5.88 Å². The van der Waals surface area contributed by atoms with Crippen molar-refractivity contribution in [1.82, 2.24) is 0 Å². The molecule has 0 spiro atoms. The van der Waals surface area contributed by atoms with Crippen molar-refractivity contribution >= 4 is 17.8 Å². The minimum absolute atomic E-state index is 0.0223. The summed E-state index contributed by atoms with van der Waals surface area (Å²) >= 11 is 0. The zero-order chi connectivity index (χ0) is 26.9. The highest BCUT2D eigenvalue weighted by Gasteiger charge is 2.24. The Morgan fingerprint density at radius 2 is 1.50 bits per heavy atom. The lowest BCUT2D eigenvalue weighted by Crippen LogP contribution is -2.21. The van der Waals surface area contributed by atoms with E-state index in [1.165, 1.54) is 12.1 Å². The number of nitrogens with zero attached hydrogens (tertiary/aromatic N) is 1. The van der Waals surface area contributed by atoms with Crippen LogP contribution in [0.5, 0.6) is 11.5 Å². The molecule has 3 aromatic carbocycles. The van der Waals surface area contributed by atoms with Gasteiger partial charge in [0.1, 0.15) is 17.4 Å². The summed E-state index contributed by atoms with van der Waals surface area (Å²) in [6.45, 7) is 3.92. The predicted molar refractivity (Wildman–Crippen MR) is 142 cm³/mol. The Morgan fingerprint density at radius 1 is 0.868 bits per heavy atom. The van der Waals surface area contributed by atoms with Crippen molar-refractivity contribution < 1.29 is 28.2 Å². The molecule has 0 saturated heterocycles. The van der Waals surface area contributed by atoms with E-state index in [2.05, 4.69) is 11.4 Å². The second kappa shape index (κ2) is 12.3. The summed E-state index contributed by atoms with van der Waals surface area (Å²) in [5, 5.41) is 12.5. The van der Waals surface area contributed by atoms with Crippen molar-refractivity contribution in [2.24, 2.45) is 0 Å². The van der Waals surface area contributed by atoms with E-state index in [4.69, 9.17) is 18.6 Å². The van der Waals surface area contributed by atoms with Gasteiger partial charge in [-0.15, -0.1) is 0 Å². The minimum atomic E-state index is -0.709. The average molecular weight is 511 g/mol. The van der Waals surface area contributed by atoms with Gasteiger partial charge in [-0.25, -0.2) is 4.79 Å². The standard InChI is InChI=1S/C30H26N2O6/c1-3-35-24-16-15-22(17-25(24)36-4-2)30(34)37-19-26(33)32-29-23(18-31)27(20-11-7-5-8-12-20)28(38-29)21-13-9-6-10-14-21/h5-17H,3-4,19H2,1-2H3,(H,32,33). The molecule has 1 aromatic heterocycles. The highest BCUT2D eigenvalue weighted by Crippen LogP contribution is 2.41. The molecule has 0 aliphatic heterocycles. The molecule has 38 heavy (non-hydrogen) atoms. The van der Waals surface area contributed by atoms with Gasteiger partial charge in [-0.05, 0) is 37.6 Å². The zero-order valence-electron chi connectivity index (χ0n) is 21.0. The van der Waals surface area contributed by atoms with Crippen LogP contribution in [0.15, 0.2) is 83.3 Å². The van der Waals surface area contributed by atoms with Gasteiger partial charge in [0, 0.05) is 11.1 Å². The van der Waals surface area contributed by atoms with Crippen LogP contribution in [0.25, 0.3) is 22.5 Å². The maximum Gasteiger partial charge on any atom is 0.338 e. The summed E-state index contributed by atoms with van der Waals surface area (Å²) < 4.78 is 22.2. The molecule has 192 valence electrons. The molecule has 0 saturated carbocycles. The van der Waals surface area contributed by atoms with Crippen LogP contribution < -0.4 is 14.8 Å². The fourth-order valence-electron chi connectivity index (χ4n) is 3.85. The third-order valence-corrected chi connectivity index (χ3v) is 5.48. The van der Waals surface area contributed by atoms with Crippen molar-refractivity contribution in [1.29, 1.82) is 5.26 Å². The first-order chi connectivity index (χ1) is 18.5. The molecular weight excluding hydrogens is 484 g/mol. The Kier molecular flexibility index (Phi) is 8.42. The number of carbonyl (C=O) groups excluding carboxylic acids is 2. The van der Waals surface area contributed by atoms with Crippen LogP contribution in [0.2, 0.25) is 0 Å². The minimum Gasteiger partial charge on any atom is -0.490 e. The van der Waals surface area contributed by atoms with E-state index in [1.54, 1.807) is 6.07 Å². The first-order valence-corrected chi connectivity index (χ1v) is 12.1. The Labute approximate surface area is 220 Å². The van der Waals surface area contributed by atoms with E-state index < -0.39 is 18.5 Å². The van der Waals surface area contributed by atoms with E-state index in [-0.39, 0.29) is 17.0 Å². The van der Waals surface area contributed by atoms with Gasteiger partial charge < -0.3 is 18.6 Å². The molecule has 1 amide bonds. The zero-order valence-corrected chi connectivity index (χ0v) is 21.0. The van der Waals surface area contributed by atoms with Gasteiger partial charge in [0.25, 0.3) is 5.91 Å². The van der Waals surface area contributed by atoms with Crippen molar-refractivity contribution in [3.05, 3.63) is 90.0 Å². The van der Waals surface area contributed by atoms with E-state index in [0.29, 0.717) is 36.0 Å². The van der Waals surface area contributed by atoms with Crippen LogP contribution in [-0.2, 0) is 9.53 Å². The van der Waals surface area contributed by atoms with Gasteiger partial charge in [-0.2, -0.15) is 5.26 Å². The largest absolute Gasteiger partial charge is 0.490 e. The Bertz CT molecular complexity index is 1460. The molecule has 4 rings (SSSR count). The maximum atomic E-state index is 12.7. The van der Waals surface area contributed by atoms with Crippen LogP contribution in [0.3, 0.4) is 0 Å². The fraction of sp³-hybridized carbons (Fsp3) is 0.167. The highest BCUT2D eigenvalue weighted by atomic mass is 16.5. The normalized spacial score (nSPS) is 10.3. The topological polar surface area (TPSA) is 111 Å². The number of hydrogen-bond acceptors (Lipinski definition) is 7. The Morgan fingerprint density at radius 3 is 2.13 bits per heavy atom. The lowest BCUT2D eigenvalue weighted by atomic mass is 9.98. The van der Waals surface area contributed by atoms with E-state index in [9.17, 15) is 14.9 Å². The van der Waals surface area contributed by atoms with Gasteiger partial charge in [-0.1, -0.05) is 60.7 Å². The SMILES string of the molecule is CCOc1ccc(C(=O)OCC(=O)Nc2oc(-c3ccccc3)c(-c3ccccc3)c2C#N)cc1OCC. The molecule has 0 aliphatic carbocycles. The molecule has 0 unspecified atom stereocenters. The lowest BCUT2D eigenvalue weighted by molar-refractivity contribution is -0.119. The second-order valence-corrected chi connectivity index (χ2v) is 8.01. The molecule has 0 radical (unpaired) electrons. The van der Waals surface area contributed by atoms with Crippen LogP contribution >= 0.6 is 0 Å². The van der Waals surface area contributed by atoms with Crippen LogP contribution in [0.1, 0.15) is 29.8 Å². The molecule has 0 atom stereocenters. The summed E-state index contributed by atoms with van der Waals surface area (Å²) in [7, 11) is 0. The van der Waals surface area contributed by atoms with E-state index in [1.807, 2.05) is 74.5 Å². The van der Waals surface area contributed by atoms with Crippen molar-refractivity contribution in [3.8, 4) is 40.0 Å². The van der Waals surface area contributed by atoms with Crippen LogP contribution in [0.4, 0.5) is 5.88 Å². The summed E-state index contributed by atoms with van der Waals surface area (Å²) in [6.07, 6.45) is 0. The average Bonchev–Trinajstić information content (AvgIpc) is 3.31. The Hall–Kier alpha value is -5.03. The van der Waals surface area contributed by atoms with Gasteiger partial charge in [0.15, 0.2) is 18.1 Å². The number of esters is 1. The first-order valence-electron chi connectivity index (χ1n) is 12.1. The summed E-state index contributed by atoms with van der Waals surface area (Å²) in [6, 6.07) is 25.4. The maximum absolute atomic E-state index is 12.7. The molecule has 8 nitrogen and oxygen atoms in total. The van der Waals surface area contributed by atoms with Crippen molar-refractivity contribution in [3.63, 3.8) is 0 Å². The number of rotatable bonds is 10. The van der Waals surface area contributed by atoms with Crippen molar-refractivity contribution in [2.45, 2.75) is 13.8 Å². The molecule has 8 heteroatoms. The third-order valence-electron chi connectivity index (χ3n) is 5.48. The lowest BCUT2D eigenvalue weighted by Gasteiger charge is -2.12. The number of amides is 1. The third kappa shape index (κ3) is 5.85. The highest BCUT2D eigenvalue weighted by molar-refractivity contribution is 5.98. The monoisotopic (exact) mass is 510 g/mol. The summed E-state index contributed by atoms with van der Waals surface area (Å²) in [4.78, 5) is 25.3. The molecule has 0 fully saturated rings. The quantitative estimate of drug-likeness (QED) is 0.257. The summed E-state index contributed by atoms with van der Waals surface area (Å²) in [5.74, 6) is -0.0272. The number of carbonyl (C=O) groups is 2. The summed E-state index contributed by atoms with van der Waals surface area (Å²) in [5.41, 5.74) is 2.44. The fourth-order valence-corrected chi connectivity index (χ4v) is 3.85. The molecule has 1 N–H and O–H groups in total. The number of nitriles is 1. The van der Waals surface area contributed by atoms with Crippen LogP contribution in [-0.4, -0.2) is 31.7 Å². The predicted octanol–water partition coefficient (Wildman–Crippen LogP) is 6.08. The van der Waals surface area contributed by atoms with E-state index >= 15 is 0 Å². The number of hydrogen-bond donors (Lipinski definition) is 1. The first kappa shape index (κ1) is 26.0. The smallest absolute Gasteiger partial charge is 0.338 e. The van der Waals surface area contributed by atoms with Crippen molar-refractivity contribution in [2.75, 3.05) is 25.1 Å². The molecule has 4 aromatic rings. The number of anilines is 1. The second-order valence-electron chi connectivity index (χ2n) is 8.01. The van der Waals surface area contributed by atoms with Crippen LogP contribution in [0, 0.1) is 11.3 Å². The molecule has 0 aliphatic rings. The van der Waals surface area contributed by atoms with Gasteiger partial charge in [0.05, 0.1) is 18.8 Å². The molecule has 1 heterocycles. The van der Waals surface area contributed by atoms with Gasteiger partial charge >= 0.3 is 5.97 Å². The number of nitrogens with one attached hydrogen (secondary N) is 1. The Balaban J connectivity index is 1.54. The number of ether oxygens (including phenoxy) is 3. The van der Waals surface area contributed by atoms with E-state index in [0.717, 1.165) is 11.1 Å². The van der Waals surface area contributed by atoms with Gasteiger partial charge in [-0.3, -0.25) is 10.1 Å². The molecular formula is C30H26N2O6.